The van der Waals surface area contributed by atoms with Crippen molar-refractivity contribution in [2.24, 2.45) is 5.92 Å². The number of nitrogens with one attached hydrogen (secondary N) is 2. The van der Waals surface area contributed by atoms with Crippen molar-refractivity contribution in [1.82, 2.24) is 30.8 Å². The Bertz CT molecular complexity index is 760. The molecular weight excluding hydrogens is 252 g/mol. The van der Waals surface area contributed by atoms with E-state index >= 15 is 0 Å². The molecule has 6 nitrogen and oxygen atoms in total. The fourth-order valence-corrected chi connectivity index (χ4v) is 3.70. The van der Waals surface area contributed by atoms with Crippen LogP contribution in [0.1, 0.15) is 28.7 Å². The Balaban J connectivity index is 1.52. The predicted octanol–water partition coefficient (Wildman–Crippen LogP) is 1.64. The van der Waals surface area contributed by atoms with Gasteiger partial charge in [-0.1, -0.05) is 30.3 Å². The SMILES string of the molecule is c1ccc([C@@H]2[C@@H]3Cc4c(-c5nn[nH]n5)n[nH]c4[C@@H]32)cc1. The van der Waals surface area contributed by atoms with Gasteiger partial charge in [-0.15, -0.1) is 10.2 Å². The third-order valence-electron chi connectivity index (χ3n) is 4.58. The van der Waals surface area contributed by atoms with Gasteiger partial charge in [-0.2, -0.15) is 10.3 Å². The molecule has 0 radical (unpaired) electrons. The van der Waals surface area contributed by atoms with Gasteiger partial charge in [0.25, 0.3) is 0 Å². The summed E-state index contributed by atoms with van der Waals surface area (Å²) >= 11 is 0. The van der Waals surface area contributed by atoms with E-state index in [1.54, 1.807) is 0 Å². The van der Waals surface area contributed by atoms with Gasteiger partial charge in [0.2, 0.25) is 5.82 Å². The quantitative estimate of drug-likeness (QED) is 0.737. The number of hydrogen-bond donors (Lipinski definition) is 2. The maximum atomic E-state index is 4.38. The van der Waals surface area contributed by atoms with E-state index in [2.05, 4.69) is 61.2 Å². The highest BCUT2D eigenvalue weighted by Crippen LogP contribution is 2.66. The second-order valence-corrected chi connectivity index (χ2v) is 5.53. The molecule has 0 spiro atoms. The van der Waals surface area contributed by atoms with Crippen LogP contribution in [0.15, 0.2) is 30.3 Å². The highest BCUT2D eigenvalue weighted by molar-refractivity contribution is 5.61. The zero-order valence-electron chi connectivity index (χ0n) is 10.6. The number of benzene rings is 1. The minimum atomic E-state index is 0.583. The maximum absolute atomic E-state index is 4.38. The Morgan fingerprint density at radius 1 is 1.05 bits per heavy atom. The van der Waals surface area contributed by atoms with Crippen molar-refractivity contribution in [3.05, 3.63) is 47.2 Å². The second-order valence-electron chi connectivity index (χ2n) is 5.53. The minimum Gasteiger partial charge on any atom is -0.281 e. The molecule has 0 amide bonds. The molecule has 0 saturated heterocycles. The lowest BCUT2D eigenvalue weighted by Crippen LogP contribution is -1.94. The van der Waals surface area contributed by atoms with Crippen LogP contribution >= 0.6 is 0 Å². The van der Waals surface area contributed by atoms with Crippen molar-refractivity contribution in [2.45, 2.75) is 18.3 Å². The largest absolute Gasteiger partial charge is 0.281 e. The monoisotopic (exact) mass is 264 g/mol. The summed E-state index contributed by atoms with van der Waals surface area (Å²) in [4.78, 5) is 0. The normalized spacial score (nSPS) is 26.3. The number of aromatic nitrogens is 6. The molecule has 20 heavy (non-hydrogen) atoms. The molecule has 0 unspecified atom stereocenters. The van der Waals surface area contributed by atoms with Gasteiger partial charge in [0.05, 0.1) is 0 Å². The number of nitrogens with zero attached hydrogens (tertiary/aromatic N) is 4. The molecule has 0 bridgehead atoms. The van der Waals surface area contributed by atoms with Crippen molar-refractivity contribution < 1.29 is 0 Å². The fraction of sp³-hybridized carbons (Fsp3) is 0.286. The number of hydrogen-bond acceptors (Lipinski definition) is 4. The first-order valence-electron chi connectivity index (χ1n) is 6.79. The molecule has 2 N–H and O–H groups in total. The second kappa shape index (κ2) is 3.53. The summed E-state index contributed by atoms with van der Waals surface area (Å²) < 4.78 is 0. The lowest BCUT2D eigenvalue weighted by Gasteiger charge is -2.04. The Morgan fingerprint density at radius 2 is 1.95 bits per heavy atom. The molecule has 6 heteroatoms. The smallest absolute Gasteiger partial charge is 0.225 e. The highest BCUT2D eigenvalue weighted by Gasteiger charge is 2.58. The summed E-state index contributed by atoms with van der Waals surface area (Å²) in [5.41, 5.74) is 4.83. The summed E-state index contributed by atoms with van der Waals surface area (Å²) in [6.45, 7) is 0. The van der Waals surface area contributed by atoms with Gasteiger partial charge >= 0.3 is 0 Å². The molecular formula is C14H12N6. The van der Waals surface area contributed by atoms with Crippen LogP contribution in [0.2, 0.25) is 0 Å². The molecule has 2 aliphatic rings. The Labute approximate surface area is 114 Å². The van der Waals surface area contributed by atoms with Crippen LogP contribution in [0.4, 0.5) is 0 Å². The summed E-state index contributed by atoms with van der Waals surface area (Å²) in [5.74, 6) is 2.51. The van der Waals surface area contributed by atoms with Crippen LogP contribution in [0.5, 0.6) is 0 Å². The standard InChI is InChI=1S/C14H12N6/c1-2-4-7(5-3-1)10-8-6-9-12(11(8)10)15-16-13(9)14-17-19-20-18-14/h1-5,8,10-11H,6H2,(H,15,16)(H,17,18,19,20)/t8-,10+,11-/m0/s1. The summed E-state index contributed by atoms with van der Waals surface area (Å²) in [5, 5.41) is 21.7. The first-order chi connectivity index (χ1) is 9.93. The van der Waals surface area contributed by atoms with Gasteiger partial charge in [-0.25, -0.2) is 0 Å². The van der Waals surface area contributed by atoms with E-state index in [4.69, 9.17) is 0 Å². The van der Waals surface area contributed by atoms with E-state index < -0.39 is 0 Å². The van der Waals surface area contributed by atoms with Gasteiger partial charge in [-0.3, -0.25) is 5.10 Å². The van der Waals surface area contributed by atoms with Crippen molar-refractivity contribution in [1.29, 1.82) is 0 Å². The Kier molecular flexibility index (Phi) is 1.82. The number of aromatic amines is 2. The van der Waals surface area contributed by atoms with E-state index in [-0.39, 0.29) is 0 Å². The first kappa shape index (κ1) is 10.3. The minimum absolute atomic E-state index is 0.583. The molecule has 3 aromatic rings. The van der Waals surface area contributed by atoms with Gasteiger partial charge in [0, 0.05) is 17.2 Å². The van der Waals surface area contributed by atoms with Crippen LogP contribution in [0.25, 0.3) is 11.5 Å². The van der Waals surface area contributed by atoms with Crippen LogP contribution in [-0.2, 0) is 6.42 Å². The topological polar surface area (TPSA) is 83.1 Å². The lowest BCUT2D eigenvalue weighted by atomic mass is 10.0. The van der Waals surface area contributed by atoms with E-state index in [1.807, 2.05) is 0 Å². The van der Waals surface area contributed by atoms with Crippen LogP contribution in [-0.4, -0.2) is 30.8 Å². The molecule has 3 atom stereocenters. The van der Waals surface area contributed by atoms with E-state index in [0.717, 1.165) is 12.1 Å². The first-order valence-corrected chi connectivity index (χ1v) is 6.79. The van der Waals surface area contributed by atoms with Crippen molar-refractivity contribution >= 4 is 0 Å². The van der Waals surface area contributed by atoms with Gasteiger partial charge < -0.3 is 0 Å². The average Bonchev–Trinajstić information content (AvgIpc) is 2.92. The number of tetrazole rings is 1. The average molecular weight is 264 g/mol. The Morgan fingerprint density at radius 3 is 2.75 bits per heavy atom. The molecule has 2 aliphatic carbocycles. The van der Waals surface area contributed by atoms with Gasteiger partial charge in [-0.05, 0) is 29.0 Å². The summed E-state index contributed by atoms with van der Waals surface area (Å²) in [6, 6.07) is 10.7. The third kappa shape index (κ3) is 1.23. The molecule has 0 aliphatic heterocycles. The summed E-state index contributed by atoms with van der Waals surface area (Å²) in [6.07, 6.45) is 1.06. The summed E-state index contributed by atoms with van der Waals surface area (Å²) in [7, 11) is 0. The molecule has 5 rings (SSSR count). The van der Waals surface area contributed by atoms with E-state index in [1.165, 1.54) is 16.8 Å². The molecule has 2 aromatic heterocycles. The predicted molar refractivity (Wildman–Crippen MR) is 70.9 cm³/mol. The van der Waals surface area contributed by atoms with Crippen LogP contribution in [0, 0.1) is 5.92 Å². The van der Waals surface area contributed by atoms with Crippen molar-refractivity contribution in [3.63, 3.8) is 0 Å². The Hall–Kier alpha value is -2.50. The van der Waals surface area contributed by atoms with Crippen LogP contribution < -0.4 is 0 Å². The molecule has 1 saturated carbocycles. The van der Waals surface area contributed by atoms with E-state index in [9.17, 15) is 0 Å². The van der Waals surface area contributed by atoms with Gasteiger partial charge in [0.1, 0.15) is 5.69 Å². The molecule has 98 valence electrons. The van der Waals surface area contributed by atoms with Crippen molar-refractivity contribution in [3.8, 4) is 11.5 Å². The third-order valence-corrected chi connectivity index (χ3v) is 4.58. The van der Waals surface area contributed by atoms with Gasteiger partial charge in [0.15, 0.2) is 0 Å². The maximum Gasteiger partial charge on any atom is 0.225 e. The zero-order chi connectivity index (χ0) is 13.1. The number of H-pyrrole nitrogens is 2. The number of fused-ring (bicyclic) bond motifs is 3. The van der Waals surface area contributed by atoms with Crippen LogP contribution in [0.3, 0.4) is 0 Å². The molecule has 1 aromatic carbocycles. The highest BCUT2D eigenvalue weighted by atomic mass is 15.5. The molecule has 2 heterocycles. The lowest BCUT2D eigenvalue weighted by molar-refractivity contribution is 0.810. The zero-order valence-corrected chi connectivity index (χ0v) is 10.6. The van der Waals surface area contributed by atoms with E-state index in [0.29, 0.717) is 23.6 Å². The molecule has 1 fully saturated rings. The number of rotatable bonds is 2. The van der Waals surface area contributed by atoms with Crippen molar-refractivity contribution in [2.75, 3.05) is 0 Å². The fourth-order valence-electron chi connectivity index (χ4n) is 3.70.